The van der Waals surface area contributed by atoms with Crippen molar-refractivity contribution >= 4 is 23.9 Å². The van der Waals surface area contributed by atoms with Crippen LogP contribution in [-0.2, 0) is 38.1 Å². The molecule has 0 amide bonds. The summed E-state index contributed by atoms with van der Waals surface area (Å²) in [7, 11) is 0. The SMILES string of the molecule is C=CC(=O)OCC(COC(=O)C=C)(COC(=O)C=C)COC(=O)C(=C)CO. The Kier molecular flexibility index (Phi) is 10.8. The Bertz CT molecular complexity index is 559. The predicted octanol–water partition coefficient (Wildman–Crippen LogP) is 0.252. The highest BCUT2D eigenvalue weighted by atomic mass is 16.6. The van der Waals surface area contributed by atoms with Gasteiger partial charge in [0.25, 0.3) is 0 Å². The molecule has 0 aromatic carbocycles. The summed E-state index contributed by atoms with van der Waals surface area (Å²) in [6, 6.07) is 0. The van der Waals surface area contributed by atoms with Crippen LogP contribution in [0.25, 0.3) is 0 Å². The Morgan fingerprint density at radius 1 is 0.741 bits per heavy atom. The second-order valence-electron chi connectivity index (χ2n) is 5.27. The minimum Gasteiger partial charge on any atom is -0.462 e. The van der Waals surface area contributed by atoms with Crippen LogP contribution in [0.4, 0.5) is 0 Å². The Balaban J connectivity index is 5.48. The number of hydrogen-bond donors (Lipinski definition) is 1. The fraction of sp³-hybridized carbons (Fsp3) is 0.333. The van der Waals surface area contributed by atoms with E-state index in [1.54, 1.807) is 0 Å². The van der Waals surface area contributed by atoms with E-state index in [1.807, 2.05) is 0 Å². The van der Waals surface area contributed by atoms with Gasteiger partial charge in [-0.1, -0.05) is 26.3 Å². The monoisotopic (exact) mass is 382 g/mol. The van der Waals surface area contributed by atoms with Crippen molar-refractivity contribution in [3.63, 3.8) is 0 Å². The summed E-state index contributed by atoms with van der Waals surface area (Å²) in [5.41, 5.74) is -1.65. The van der Waals surface area contributed by atoms with Crippen molar-refractivity contribution in [3.8, 4) is 0 Å². The van der Waals surface area contributed by atoms with Crippen molar-refractivity contribution in [3.05, 3.63) is 50.1 Å². The summed E-state index contributed by atoms with van der Waals surface area (Å²) >= 11 is 0. The third kappa shape index (κ3) is 9.17. The van der Waals surface area contributed by atoms with Gasteiger partial charge >= 0.3 is 23.9 Å². The Morgan fingerprint density at radius 3 is 1.37 bits per heavy atom. The van der Waals surface area contributed by atoms with Crippen LogP contribution in [0.3, 0.4) is 0 Å². The van der Waals surface area contributed by atoms with E-state index in [9.17, 15) is 19.2 Å². The zero-order valence-electron chi connectivity index (χ0n) is 14.8. The molecule has 0 bridgehead atoms. The van der Waals surface area contributed by atoms with Crippen LogP contribution in [0, 0.1) is 5.41 Å². The number of rotatable bonds is 13. The topological polar surface area (TPSA) is 125 Å². The van der Waals surface area contributed by atoms with Crippen molar-refractivity contribution in [2.45, 2.75) is 0 Å². The zero-order chi connectivity index (χ0) is 20.9. The van der Waals surface area contributed by atoms with E-state index < -0.39 is 62.3 Å². The van der Waals surface area contributed by atoms with Crippen molar-refractivity contribution in [2.24, 2.45) is 5.41 Å². The van der Waals surface area contributed by atoms with E-state index in [1.165, 1.54) is 0 Å². The van der Waals surface area contributed by atoms with Gasteiger partial charge in [0, 0.05) is 18.2 Å². The minimum atomic E-state index is -1.43. The number of aliphatic hydroxyl groups excluding tert-OH is 1. The highest BCUT2D eigenvalue weighted by Crippen LogP contribution is 2.22. The number of ether oxygens (including phenoxy) is 4. The number of carbonyl (C=O) groups is 4. The first-order valence-electron chi connectivity index (χ1n) is 7.57. The van der Waals surface area contributed by atoms with Gasteiger partial charge in [-0.2, -0.15) is 0 Å². The lowest BCUT2D eigenvalue weighted by Crippen LogP contribution is -2.43. The summed E-state index contributed by atoms with van der Waals surface area (Å²) in [6.45, 7) is 10.6. The van der Waals surface area contributed by atoms with Crippen LogP contribution < -0.4 is 0 Å². The number of esters is 4. The van der Waals surface area contributed by atoms with E-state index in [2.05, 4.69) is 26.3 Å². The van der Waals surface area contributed by atoms with Gasteiger partial charge < -0.3 is 24.1 Å². The van der Waals surface area contributed by atoms with E-state index in [0.29, 0.717) is 0 Å². The van der Waals surface area contributed by atoms with Gasteiger partial charge in [-0.3, -0.25) is 0 Å². The van der Waals surface area contributed by atoms with Gasteiger partial charge in [0.05, 0.1) is 12.2 Å². The van der Waals surface area contributed by atoms with Gasteiger partial charge in [0.1, 0.15) is 31.8 Å². The molecule has 0 saturated heterocycles. The standard InChI is InChI=1S/C18H22O9/c1-5-14(20)24-9-18(10-25-15(21)6-2,11-26-16(22)7-3)12-27-17(23)13(4)8-19/h5-7,19H,1-4,8-12H2. The molecule has 9 heteroatoms. The smallest absolute Gasteiger partial charge is 0.335 e. The van der Waals surface area contributed by atoms with E-state index in [0.717, 1.165) is 18.2 Å². The van der Waals surface area contributed by atoms with Crippen LogP contribution in [-0.4, -0.2) is 62.0 Å². The largest absolute Gasteiger partial charge is 0.462 e. The molecule has 148 valence electrons. The van der Waals surface area contributed by atoms with Gasteiger partial charge in [0.2, 0.25) is 0 Å². The first-order valence-corrected chi connectivity index (χ1v) is 7.57. The molecule has 0 aliphatic rings. The highest BCUT2D eigenvalue weighted by Gasteiger charge is 2.37. The van der Waals surface area contributed by atoms with Crippen LogP contribution in [0.1, 0.15) is 0 Å². The van der Waals surface area contributed by atoms with Crippen molar-refractivity contribution < 1.29 is 43.2 Å². The normalized spacial score (nSPS) is 10.1. The fourth-order valence-electron chi connectivity index (χ4n) is 1.48. The zero-order valence-corrected chi connectivity index (χ0v) is 14.8. The molecule has 0 fully saturated rings. The molecule has 0 atom stereocenters. The average Bonchev–Trinajstić information content (AvgIpc) is 2.70. The highest BCUT2D eigenvalue weighted by molar-refractivity contribution is 5.88. The summed E-state index contributed by atoms with van der Waals surface area (Å²) in [5, 5.41) is 8.92. The summed E-state index contributed by atoms with van der Waals surface area (Å²) in [6.07, 6.45) is 2.70. The molecule has 0 spiro atoms. The van der Waals surface area contributed by atoms with Crippen molar-refractivity contribution in [2.75, 3.05) is 33.0 Å². The molecule has 0 saturated carbocycles. The Hall–Kier alpha value is -3.20. The number of aliphatic hydroxyl groups is 1. The molecule has 1 N–H and O–H groups in total. The molecule has 0 radical (unpaired) electrons. The second-order valence-corrected chi connectivity index (χ2v) is 5.27. The third-order valence-corrected chi connectivity index (χ3v) is 3.05. The van der Waals surface area contributed by atoms with Crippen molar-refractivity contribution in [1.82, 2.24) is 0 Å². The molecule has 0 heterocycles. The first-order chi connectivity index (χ1) is 12.7. The molecule has 0 aliphatic carbocycles. The molecule has 0 aliphatic heterocycles. The Labute approximate surface area is 156 Å². The summed E-state index contributed by atoms with van der Waals surface area (Å²) in [4.78, 5) is 45.9. The molecule has 0 aromatic rings. The second kappa shape index (κ2) is 12.2. The molecule has 0 rings (SSSR count). The first kappa shape index (κ1) is 23.8. The van der Waals surface area contributed by atoms with Gasteiger partial charge in [-0.25, -0.2) is 19.2 Å². The van der Waals surface area contributed by atoms with E-state index in [4.69, 9.17) is 24.1 Å². The van der Waals surface area contributed by atoms with E-state index in [-0.39, 0.29) is 5.57 Å². The number of carbonyl (C=O) groups excluding carboxylic acids is 4. The van der Waals surface area contributed by atoms with Gasteiger partial charge in [-0.05, 0) is 0 Å². The molecular weight excluding hydrogens is 360 g/mol. The molecule has 9 nitrogen and oxygen atoms in total. The summed E-state index contributed by atoms with van der Waals surface area (Å²) < 4.78 is 19.9. The van der Waals surface area contributed by atoms with Crippen LogP contribution in [0.5, 0.6) is 0 Å². The maximum absolute atomic E-state index is 11.8. The number of hydrogen-bond acceptors (Lipinski definition) is 9. The molecule has 0 unspecified atom stereocenters. The summed E-state index contributed by atoms with van der Waals surface area (Å²) in [5.74, 6) is -3.32. The predicted molar refractivity (Wildman–Crippen MR) is 93.1 cm³/mol. The van der Waals surface area contributed by atoms with Crippen LogP contribution in [0.15, 0.2) is 50.1 Å². The maximum Gasteiger partial charge on any atom is 0.335 e. The third-order valence-electron chi connectivity index (χ3n) is 3.05. The fourth-order valence-corrected chi connectivity index (χ4v) is 1.48. The quantitative estimate of drug-likeness (QED) is 0.271. The molecule has 0 aromatic heterocycles. The van der Waals surface area contributed by atoms with Gasteiger partial charge in [-0.15, -0.1) is 0 Å². The average molecular weight is 382 g/mol. The molecular formula is C18H22O9. The van der Waals surface area contributed by atoms with Gasteiger partial charge in [0.15, 0.2) is 0 Å². The van der Waals surface area contributed by atoms with Crippen LogP contribution >= 0.6 is 0 Å². The van der Waals surface area contributed by atoms with Crippen LogP contribution in [0.2, 0.25) is 0 Å². The lowest BCUT2D eigenvalue weighted by molar-refractivity contribution is -0.164. The molecule has 27 heavy (non-hydrogen) atoms. The lowest BCUT2D eigenvalue weighted by atomic mass is 9.92. The lowest BCUT2D eigenvalue weighted by Gasteiger charge is -2.31. The maximum atomic E-state index is 11.8. The van der Waals surface area contributed by atoms with E-state index >= 15 is 0 Å². The minimum absolute atomic E-state index is 0.224. The van der Waals surface area contributed by atoms with Crippen molar-refractivity contribution in [1.29, 1.82) is 0 Å². The Morgan fingerprint density at radius 2 is 1.07 bits per heavy atom.